The second kappa shape index (κ2) is 7.39. The highest BCUT2D eigenvalue weighted by Crippen LogP contribution is 2.15. The van der Waals surface area contributed by atoms with Crippen LogP contribution >= 0.6 is 0 Å². The highest BCUT2D eigenvalue weighted by atomic mass is 16.6. The number of para-hydroxylation sites is 1. The number of carbonyl (C=O) groups is 1. The van der Waals surface area contributed by atoms with Gasteiger partial charge in [0, 0.05) is 28.7 Å². The van der Waals surface area contributed by atoms with Gasteiger partial charge in [-0.3, -0.25) is 4.84 Å². The number of rotatable bonds is 2. The summed E-state index contributed by atoms with van der Waals surface area (Å²) in [5.41, 5.74) is 1.16. The number of fused-ring (bicyclic) bond motifs is 1. The Labute approximate surface area is 128 Å². The maximum absolute atomic E-state index is 12.1. The number of hydrogen-bond acceptors (Lipinski definition) is 3. The quantitative estimate of drug-likeness (QED) is 0.476. The first kappa shape index (κ1) is 15.0. The van der Waals surface area contributed by atoms with Crippen molar-refractivity contribution in [3.8, 4) is 35.7 Å². The molecule has 1 heterocycles. The average molecular weight is 290 g/mol. The fraction of sp³-hybridized carbons (Fsp3) is 0.111. The second-order valence-corrected chi connectivity index (χ2v) is 4.00. The van der Waals surface area contributed by atoms with Crippen LogP contribution in [0.1, 0.15) is 17.3 Å². The Morgan fingerprint density at radius 2 is 1.86 bits per heavy atom. The third-order valence-electron chi connectivity index (χ3n) is 2.73. The van der Waals surface area contributed by atoms with Crippen LogP contribution in [0.3, 0.4) is 0 Å². The van der Waals surface area contributed by atoms with Gasteiger partial charge in [0.2, 0.25) is 6.20 Å². The highest BCUT2D eigenvalue weighted by molar-refractivity contribution is 6.02. The summed E-state index contributed by atoms with van der Waals surface area (Å²) in [4.78, 5) is 17.3. The van der Waals surface area contributed by atoms with E-state index in [9.17, 15) is 4.79 Å². The van der Waals surface area contributed by atoms with Gasteiger partial charge < -0.3 is 4.74 Å². The van der Waals surface area contributed by atoms with E-state index >= 15 is 0 Å². The van der Waals surface area contributed by atoms with Gasteiger partial charge >= 0.3 is 5.97 Å². The zero-order chi connectivity index (χ0) is 15.8. The van der Waals surface area contributed by atoms with Gasteiger partial charge in [0.25, 0.3) is 5.52 Å². The molecular formula is C18H12NO3+. The molecule has 4 nitrogen and oxygen atoms in total. The van der Waals surface area contributed by atoms with Crippen LogP contribution in [0.4, 0.5) is 0 Å². The van der Waals surface area contributed by atoms with Crippen LogP contribution in [0.5, 0.6) is 0 Å². The molecular weight excluding hydrogens is 278 g/mol. The van der Waals surface area contributed by atoms with Crippen molar-refractivity contribution in [2.45, 2.75) is 6.92 Å². The molecule has 0 radical (unpaired) electrons. The Bertz CT molecular complexity index is 896. The Balaban J connectivity index is 2.29. The number of aromatic nitrogens is 1. The third kappa shape index (κ3) is 3.37. The summed E-state index contributed by atoms with van der Waals surface area (Å²) in [5.74, 6) is 12.0. The summed E-state index contributed by atoms with van der Waals surface area (Å²) in [6.45, 7) is 1.68. The number of carbonyl (C=O) groups excluding carboxylic acids is 1. The number of hydrogen-bond donors (Lipinski definition) is 0. The molecule has 0 unspecified atom stereocenters. The van der Waals surface area contributed by atoms with Crippen molar-refractivity contribution in [1.82, 2.24) is 0 Å². The molecule has 0 N–H and O–H groups in total. The van der Waals surface area contributed by atoms with Gasteiger partial charge in [-0.05, 0) is 24.8 Å². The third-order valence-corrected chi connectivity index (χ3v) is 2.73. The largest absolute Gasteiger partial charge is 0.367 e. The molecule has 1 aromatic carbocycles. The van der Waals surface area contributed by atoms with Crippen molar-refractivity contribution in [2.75, 3.05) is 7.11 Å². The molecule has 2 aromatic rings. The monoisotopic (exact) mass is 290 g/mol. The Hall–Kier alpha value is -3.42. The lowest BCUT2D eigenvalue weighted by Crippen LogP contribution is -2.41. The van der Waals surface area contributed by atoms with Crippen molar-refractivity contribution in [3.63, 3.8) is 0 Å². The van der Waals surface area contributed by atoms with Crippen molar-refractivity contribution in [1.29, 1.82) is 0 Å². The maximum atomic E-state index is 12.1. The molecule has 2 rings (SSSR count). The fourth-order valence-electron chi connectivity index (χ4n) is 1.82. The second-order valence-electron chi connectivity index (χ2n) is 4.00. The number of nitrogens with zero attached hydrogens (tertiary/aromatic N) is 1. The van der Waals surface area contributed by atoms with Crippen LogP contribution in [0.25, 0.3) is 10.9 Å². The minimum Gasteiger partial charge on any atom is -0.367 e. The zero-order valence-electron chi connectivity index (χ0n) is 12.1. The van der Waals surface area contributed by atoms with Gasteiger partial charge in [0.1, 0.15) is 13.2 Å². The standard InChI is InChI=1S/C18H12NO3/c1-3-4-5-6-9-14-22-18(20)16-12-13-19(21-2)17-11-8-7-10-15(16)17/h7-8,10-13H,1-2H3/q+1. The summed E-state index contributed by atoms with van der Waals surface area (Å²) in [6, 6.07) is 8.96. The van der Waals surface area contributed by atoms with Gasteiger partial charge in [0.15, 0.2) is 0 Å². The Morgan fingerprint density at radius 3 is 2.64 bits per heavy atom. The lowest BCUT2D eigenvalue weighted by Gasteiger charge is -2.01. The van der Waals surface area contributed by atoms with Crippen molar-refractivity contribution >= 4 is 16.9 Å². The molecule has 0 amide bonds. The summed E-state index contributed by atoms with van der Waals surface area (Å²) >= 11 is 0. The lowest BCUT2D eigenvalue weighted by atomic mass is 10.1. The van der Waals surface area contributed by atoms with E-state index in [4.69, 9.17) is 9.57 Å². The zero-order valence-corrected chi connectivity index (χ0v) is 12.1. The first-order chi connectivity index (χ1) is 10.8. The molecule has 0 saturated heterocycles. The van der Waals surface area contributed by atoms with Crippen molar-refractivity contribution in [3.05, 3.63) is 42.1 Å². The average Bonchev–Trinajstić information content (AvgIpc) is 2.56. The normalized spacial score (nSPS) is 8.45. The van der Waals surface area contributed by atoms with E-state index in [-0.39, 0.29) is 0 Å². The Kier molecular flexibility index (Phi) is 5.03. The molecule has 0 bridgehead atoms. The van der Waals surface area contributed by atoms with Gasteiger partial charge in [-0.15, -0.1) is 0 Å². The molecule has 4 heteroatoms. The number of pyridine rings is 1. The van der Waals surface area contributed by atoms with E-state index in [1.165, 1.54) is 0 Å². The number of ether oxygens (including phenoxy) is 1. The first-order valence-corrected chi connectivity index (χ1v) is 6.38. The van der Waals surface area contributed by atoms with Gasteiger partial charge in [0.05, 0.1) is 10.9 Å². The number of esters is 1. The highest BCUT2D eigenvalue weighted by Gasteiger charge is 2.18. The van der Waals surface area contributed by atoms with Crippen molar-refractivity contribution < 1.29 is 19.1 Å². The molecule has 0 aliphatic heterocycles. The minimum atomic E-state index is -0.546. The molecule has 0 spiro atoms. The van der Waals surface area contributed by atoms with Crippen LogP contribution in [0.2, 0.25) is 0 Å². The van der Waals surface area contributed by atoms with E-state index < -0.39 is 5.97 Å². The van der Waals surface area contributed by atoms with E-state index in [2.05, 4.69) is 35.7 Å². The van der Waals surface area contributed by atoms with Gasteiger partial charge in [-0.2, -0.15) is 0 Å². The lowest BCUT2D eigenvalue weighted by molar-refractivity contribution is -0.865. The summed E-state index contributed by atoms with van der Waals surface area (Å²) in [7, 11) is 1.55. The molecule has 106 valence electrons. The molecule has 0 aliphatic rings. The predicted molar refractivity (Wildman–Crippen MR) is 81.1 cm³/mol. The minimum absolute atomic E-state index is 0.402. The van der Waals surface area contributed by atoms with Crippen LogP contribution in [-0.2, 0) is 4.74 Å². The first-order valence-electron chi connectivity index (χ1n) is 6.38. The summed E-state index contributed by atoms with van der Waals surface area (Å²) < 4.78 is 6.45. The smallest absolute Gasteiger partial charge is 0.353 e. The molecule has 0 fully saturated rings. The number of benzene rings is 1. The summed E-state index contributed by atoms with van der Waals surface area (Å²) in [5, 5.41) is 0.710. The molecule has 0 saturated carbocycles. The van der Waals surface area contributed by atoms with Gasteiger partial charge in [-0.25, -0.2) is 4.79 Å². The van der Waals surface area contributed by atoms with Crippen LogP contribution < -0.4 is 9.57 Å². The molecule has 0 aliphatic carbocycles. The maximum Gasteiger partial charge on any atom is 0.353 e. The Morgan fingerprint density at radius 1 is 1.09 bits per heavy atom. The van der Waals surface area contributed by atoms with E-state index in [1.807, 2.05) is 24.3 Å². The van der Waals surface area contributed by atoms with E-state index in [0.29, 0.717) is 10.9 Å². The van der Waals surface area contributed by atoms with Crippen LogP contribution in [0.15, 0.2) is 36.5 Å². The molecule has 0 atom stereocenters. The van der Waals surface area contributed by atoms with E-state index in [0.717, 1.165) is 5.52 Å². The fourth-order valence-corrected chi connectivity index (χ4v) is 1.82. The predicted octanol–water partition coefficient (Wildman–Crippen LogP) is 1.33. The van der Waals surface area contributed by atoms with Gasteiger partial charge in [-0.1, -0.05) is 18.1 Å². The molecule has 1 aromatic heterocycles. The SMILES string of the molecule is CC#CC#CC#COC(=O)c1cc[n+](OC)c2ccccc12. The molecule has 22 heavy (non-hydrogen) atoms. The topological polar surface area (TPSA) is 39.4 Å². The summed E-state index contributed by atoms with van der Waals surface area (Å²) in [6.07, 6.45) is 3.90. The van der Waals surface area contributed by atoms with E-state index in [1.54, 1.807) is 31.0 Å². The van der Waals surface area contributed by atoms with Crippen LogP contribution in [-0.4, -0.2) is 13.1 Å². The van der Waals surface area contributed by atoms with Crippen molar-refractivity contribution in [2.24, 2.45) is 0 Å². The van der Waals surface area contributed by atoms with Crippen LogP contribution in [0, 0.1) is 35.7 Å².